The van der Waals surface area contributed by atoms with Gasteiger partial charge in [-0.05, 0) is 90.0 Å². The summed E-state index contributed by atoms with van der Waals surface area (Å²) in [5.41, 5.74) is 8.87. The van der Waals surface area contributed by atoms with Crippen LogP contribution >= 0.6 is 0 Å². The van der Waals surface area contributed by atoms with E-state index in [9.17, 15) is 0 Å². The highest BCUT2D eigenvalue weighted by atomic mass is 28.3. The van der Waals surface area contributed by atoms with Gasteiger partial charge in [-0.1, -0.05) is 179 Å². The van der Waals surface area contributed by atoms with Gasteiger partial charge in [-0.2, -0.15) is 0 Å². The molecule has 0 spiro atoms. The fraction of sp³-hybridized carbons (Fsp3) is 0.527. The average molecular weight is 847 g/mol. The molecule has 332 valence electrons. The maximum Gasteiger partial charge on any atom is 0.203 e. The lowest BCUT2D eigenvalue weighted by Gasteiger charge is -2.19. The predicted molar refractivity (Wildman–Crippen MR) is 260 cm³/mol. The highest BCUT2D eigenvalue weighted by Gasteiger charge is 2.17. The molecule has 0 aliphatic heterocycles. The number of ether oxygens (including phenoxy) is 5. The molecule has 6 heteroatoms. The van der Waals surface area contributed by atoms with Gasteiger partial charge in [0.2, 0.25) is 5.75 Å². The SMILES string of the molecule is CCCCCCCCOc1cc(COc2ccc(-c3ccc(OCc4ccc(C#C[Si](C)(C)C)cc4)cc3)cc2)cc(OCCCCCCCC)c1OCCCCCCCC. The van der Waals surface area contributed by atoms with Crippen molar-refractivity contribution in [2.24, 2.45) is 0 Å². The maximum absolute atomic E-state index is 6.53. The summed E-state index contributed by atoms with van der Waals surface area (Å²) in [4.78, 5) is 0. The maximum atomic E-state index is 6.53. The van der Waals surface area contributed by atoms with E-state index in [1.165, 1.54) is 96.3 Å². The first-order valence-electron chi connectivity index (χ1n) is 23.9. The van der Waals surface area contributed by atoms with Crippen molar-refractivity contribution in [3.8, 4) is 51.3 Å². The Morgan fingerprint density at radius 3 is 1.23 bits per heavy atom. The molecule has 0 N–H and O–H groups in total. The highest BCUT2D eigenvalue weighted by Crippen LogP contribution is 2.40. The van der Waals surface area contributed by atoms with Crippen LogP contribution in [-0.4, -0.2) is 27.9 Å². The van der Waals surface area contributed by atoms with Gasteiger partial charge < -0.3 is 23.7 Å². The van der Waals surface area contributed by atoms with E-state index in [4.69, 9.17) is 23.7 Å². The van der Waals surface area contributed by atoms with Crippen LogP contribution in [0.4, 0.5) is 0 Å². The summed E-state index contributed by atoms with van der Waals surface area (Å²) in [6, 6.07) is 29.2. The second-order valence-electron chi connectivity index (χ2n) is 17.6. The Balaban J connectivity index is 1.39. The third-order valence-electron chi connectivity index (χ3n) is 10.7. The van der Waals surface area contributed by atoms with Crippen LogP contribution in [0.25, 0.3) is 11.1 Å². The van der Waals surface area contributed by atoms with Gasteiger partial charge in [0.1, 0.15) is 32.8 Å². The Morgan fingerprint density at radius 1 is 0.410 bits per heavy atom. The molecule has 4 aromatic carbocycles. The van der Waals surface area contributed by atoms with E-state index in [-0.39, 0.29) is 0 Å². The number of hydrogen-bond acceptors (Lipinski definition) is 5. The third kappa shape index (κ3) is 20.4. The molecule has 4 rings (SSSR count). The Kier molecular flexibility index (Phi) is 23.5. The van der Waals surface area contributed by atoms with Crippen LogP contribution in [0, 0.1) is 11.5 Å². The average Bonchev–Trinajstić information content (AvgIpc) is 3.27. The minimum atomic E-state index is -1.39. The fourth-order valence-electron chi connectivity index (χ4n) is 7.02. The van der Waals surface area contributed by atoms with E-state index in [0.717, 1.165) is 75.8 Å². The highest BCUT2D eigenvalue weighted by molar-refractivity contribution is 6.83. The lowest BCUT2D eigenvalue weighted by molar-refractivity contribution is 0.232. The van der Waals surface area contributed by atoms with E-state index < -0.39 is 8.07 Å². The molecule has 0 aromatic heterocycles. The van der Waals surface area contributed by atoms with E-state index in [0.29, 0.717) is 33.0 Å². The van der Waals surface area contributed by atoms with Crippen LogP contribution in [0.2, 0.25) is 19.6 Å². The van der Waals surface area contributed by atoms with Gasteiger partial charge in [0.05, 0.1) is 19.8 Å². The molecule has 0 unspecified atom stereocenters. The quantitative estimate of drug-likeness (QED) is 0.0287. The molecule has 0 atom stereocenters. The summed E-state index contributed by atoms with van der Waals surface area (Å²) < 4.78 is 32.1. The smallest absolute Gasteiger partial charge is 0.203 e. The van der Waals surface area contributed by atoms with Crippen molar-refractivity contribution in [1.29, 1.82) is 0 Å². The van der Waals surface area contributed by atoms with E-state index in [1.807, 2.05) is 24.3 Å². The monoisotopic (exact) mass is 847 g/mol. The molecule has 0 aliphatic carbocycles. The lowest BCUT2D eigenvalue weighted by Crippen LogP contribution is -2.16. The zero-order valence-corrected chi connectivity index (χ0v) is 39.9. The van der Waals surface area contributed by atoms with Crippen LogP contribution in [0.3, 0.4) is 0 Å². The van der Waals surface area contributed by atoms with Crippen molar-refractivity contribution in [2.75, 3.05) is 19.8 Å². The van der Waals surface area contributed by atoms with E-state index in [1.54, 1.807) is 0 Å². The molecule has 0 saturated heterocycles. The molecule has 0 radical (unpaired) electrons. The topological polar surface area (TPSA) is 46.2 Å². The molecule has 0 aliphatic rings. The minimum absolute atomic E-state index is 0.401. The zero-order chi connectivity index (χ0) is 43.4. The fourth-order valence-corrected chi connectivity index (χ4v) is 7.54. The second-order valence-corrected chi connectivity index (χ2v) is 22.3. The second kappa shape index (κ2) is 29.0. The first-order valence-corrected chi connectivity index (χ1v) is 27.4. The van der Waals surface area contributed by atoms with Crippen molar-refractivity contribution in [3.63, 3.8) is 0 Å². The minimum Gasteiger partial charge on any atom is -0.490 e. The number of benzene rings is 4. The molecule has 5 nitrogen and oxygen atoms in total. The number of rotatable bonds is 31. The number of unbranched alkanes of at least 4 members (excludes halogenated alkanes) is 15. The Bertz CT molecular complexity index is 1780. The summed E-state index contributed by atoms with van der Waals surface area (Å²) in [6.07, 6.45) is 21.9. The molecule has 0 heterocycles. The van der Waals surface area contributed by atoms with Gasteiger partial charge in [-0.25, -0.2) is 0 Å². The van der Waals surface area contributed by atoms with Gasteiger partial charge in [-0.15, -0.1) is 5.54 Å². The van der Waals surface area contributed by atoms with Crippen LogP contribution in [-0.2, 0) is 13.2 Å². The van der Waals surface area contributed by atoms with Gasteiger partial charge in [0.25, 0.3) is 0 Å². The molecule has 0 bridgehead atoms. The first-order chi connectivity index (χ1) is 29.8. The Labute approximate surface area is 372 Å². The summed E-state index contributed by atoms with van der Waals surface area (Å²) >= 11 is 0. The molecular weight excluding hydrogens is 769 g/mol. The van der Waals surface area contributed by atoms with Crippen molar-refractivity contribution in [2.45, 2.75) is 169 Å². The van der Waals surface area contributed by atoms with Gasteiger partial charge in [0.15, 0.2) is 11.5 Å². The van der Waals surface area contributed by atoms with Crippen molar-refractivity contribution < 1.29 is 23.7 Å². The molecule has 0 amide bonds. The molecule has 4 aromatic rings. The lowest BCUT2D eigenvalue weighted by atomic mass is 10.1. The van der Waals surface area contributed by atoms with Gasteiger partial charge in [0, 0.05) is 5.56 Å². The number of hydrogen-bond donors (Lipinski definition) is 0. The van der Waals surface area contributed by atoms with Crippen molar-refractivity contribution >= 4 is 8.07 Å². The van der Waals surface area contributed by atoms with Crippen LogP contribution < -0.4 is 23.7 Å². The van der Waals surface area contributed by atoms with Crippen LogP contribution in [0.15, 0.2) is 84.9 Å². The summed E-state index contributed by atoms with van der Waals surface area (Å²) in [5, 5.41) is 0. The van der Waals surface area contributed by atoms with Gasteiger partial charge >= 0.3 is 0 Å². The first kappa shape index (κ1) is 49.3. The van der Waals surface area contributed by atoms with Crippen LogP contribution in [0.5, 0.6) is 28.7 Å². The molecular formula is C55H78O5Si. The summed E-state index contributed by atoms with van der Waals surface area (Å²) in [6.45, 7) is 16.5. The summed E-state index contributed by atoms with van der Waals surface area (Å²) in [5.74, 6) is 7.25. The standard InChI is InChI=1S/C55H78O5Si/c1-7-10-13-16-19-22-38-56-53-42-48(43-54(57-39-23-20-17-14-11-8-2)55(53)58-40-24-21-18-15-12-9-3)45-60-52-35-31-50(32-36-52)49-29-33-51(34-30-49)59-44-47-27-25-46(26-28-47)37-41-61(4,5)6/h25-36,42-43H,7-24,38-40,44-45H2,1-6H3. The van der Waals surface area contributed by atoms with Crippen molar-refractivity contribution in [3.05, 3.63) is 102 Å². The van der Waals surface area contributed by atoms with Gasteiger partial charge in [-0.3, -0.25) is 0 Å². The largest absolute Gasteiger partial charge is 0.490 e. The van der Waals surface area contributed by atoms with Crippen molar-refractivity contribution in [1.82, 2.24) is 0 Å². The summed E-state index contributed by atoms with van der Waals surface area (Å²) in [7, 11) is -1.39. The normalized spacial score (nSPS) is 11.2. The predicted octanol–water partition coefficient (Wildman–Crippen LogP) is 16.0. The van der Waals surface area contributed by atoms with E-state index in [2.05, 4.69) is 113 Å². The van der Waals surface area contributed by atoms with Crippen LogP contribution in [0.1, 0.15) is 153 Å². The molecule has 0 saturated carbocycles. The molecule has 61 heavy (non-hydrogen) atoms. The Hall–Kier alpha value is -4.34. The Morgan fingerprint density at radius 2 is 0.803 bits per heavy atom. The third-order valence-corrected chi connectivity index (χ3v) is 11.6. The molecule has 0 fully saturated rings. The zero-order valence-electron chi connectivity index (χ0n) is 38.9. The van der Waals surface area contributed by atoms with E-state index >= 15 is 0 Å².